The van der Waals surface area contributed by atoms with E-state index in [9.17, 15) is 27.6 Å². The summed E-state index contributed by atoms with van der Waals surface area (Å²) in [4.78, 5) is 36.6. The molecule has 1 saturated heterocycles. The van der Waals surface area contributed by atoms with Crippen LogP contribution in [0.15, 0.2) is 29.3 Å². The molecule has 0 spiro atoms. The van der Waals surface area contributed by atoms with E-state index >= 15 is 0 Å². The minimum absolute atomic E-state index is 0.0394. The molecule has 0 aliphatic carbocycles. The molecule has 1 N–H and O–H groups in total. The lowest BCUT2D eigenvalue weighted by atomic mass is 10.2. The van der Waals surface area contributed by atoms with Crippen LogP contribution in [-0.4, -0.2) is 41.6 Å². The van der Waals surface area contributed by atoms with E-state index in [1.54, 1.807) is 6.92 Å². The van der Waals surface area contributed by atoms with Gasteiger partial charge in [0.05, 0.1) is 34.1 Å². The van der Waals surface area contributed by atoms with Crippen molar-refractivity contribution in [3.8, 4) is 0 Å². The molecule has 2 rings (SSSR count). The molecule has 2 amide bonds. The maximum absolute atomic E-state index is 12.9. The quantitative estimate of drug-likeness (QED) is 0.582. The molecule has 1 heterocycles. The summed E-state index contributed by atoms with van der Waals surface area (Å²) in [6.45, 7) is 1.32. The molecule has 1 aliphatic rings. The fourth-order valence-electron chi connectivity index (χ4n) is 2.15. The molecular formula is C16H14ClF3N2O4S. The van der Waals surface area contributed by atoms with Gasteiger partial charge in [0.25, 0.3) is 0 Å². The number of hydrogen-bond acceptors (Lipinski definition) is 5. The number of nitrogens with one attached hydrogen (secondary N) is 1. The molecule has 146 valence electrons. The molecule has 1 aliphatic heterocycles. The first-order valence-corrected chi connectivity index (χ1v) is 8.96. The predicted octanol–water partition coefficient (Wildman–Crippen LogP) is 3.28. The molecule has 27 heavy (non-hydrogen) atoms. The molecule has 0 atom stereocenters. The standard InChI is InChI=1S/C16H14ClF3N2O4S/c1-2-26-15(25)6-14-22(13(24)8-27-14)7-12(23)21-9-3-4-11(17)10(5-9)16(18,19)20/h3-6H,2,7-8H2,1H3,(H,21,23). The van der Waals surface area contributed by atoms with Crippen LogP contribution in [0.3, 0.4) is 0 Å². The molecule has 6 nitrogen and oxygen atoms in total. The van der Waals surface area contributed by atoms with Crippen molar-refractivity contribution in [2.75, 3.05) is 24.2 Å². The van der Waals surface area contributed by atoms with E-state index in [1.165, 1.54) is 6.07 Å². The predicted molar refractivity (Wildman–Crippen MR) is 94.0 cm³/mol. The van der Waals surface area contributed by atoms with Crippen LogP contribution in [0.5, 0.6) is 0 Å². The van der Waals surface area contributed by atoms with E-state index in [4.69, 9.17) is 16.3 Å². The van der Waals surface area contributed by atoms with Crippen molar-refractivity contribution in [3.63, 3.8) is 0 Å². The van der Waals surface area contributed by atoms with Crippen molar-refractivity contribution >= 4 is 46.8 Å². The first kappa shape index (κ1) is 21.1. The van der Waals surface area contributed by atoms with Crippen molar-refractivity contribution in [1.29, 1.82) is 0 Å². The van der Waals surface area contributed by atoms with E-state index < -0.39 is 41.1 Å². The first-order valence-electron chi connectivity index (χ1n) is 7.60. The third kappa shape index (κ3) is 5.64. The molecule has 0 bridgehead atoms. The van der Waals surface area contributed by atoms with E-state index in [-0.39, 0.29) is 23.1 Å². The Kier molecular flexibility index (Phi) is 6.77. The number of benzene rings is 1. The van der Waals surface area contributed by atoms with Gasteiger partial charge in [-0.2, -0.15) is 13.2 Å². The van der Waals surface area contributed by atoms with Crippen LogP contribution in [0.4, 0.5) is 18.9 Å². The fraction of sp³-hybridized carbons (Fsp3) is 0.312. The van der Waals surface area contributed by atoms with Gasteiger partial charge >= 0.3 is 12.1 Å². The monoisotopic (exact) mass is 422 g/mol. The number of halogens is 4. The number of esters is 1. The summed E-state index contributed by atoms with van der Waals surface area (Å²) in [5.74, 6) is -1.75. The Labute approximate surface area is 161 Å². The third-order valence-electron chi connectivity index (χ3n) is 3.30. The number of anilines is 1. The Balaban J connectivity index is 2.10. The van der Waals surface area contributed by atoms with Crippen LogP contribution >= 0.6 is 23.4 Å². The van der Waals surface area contributed by atoms with Gasteiger partial charge in [0, 0.05) is 5.69 Å². The molecule has 0 radical (unpaired) electrons. The molecule has 1 fully saturated rings. The van der Waals surface area contributed by atoms with Gasteiger partial charge in [-0.3, -0.25) is 14.5 Å². The summed E-state index contributed by atoms with van der Waals surface area (Å²) < 4.78 is 43.4. The van der Waals surface area contributed by atoms with E-state index in [0.717, 1.165) is 28.8 Å². The van der Waals surface area contributed by atoms with Crippen LogP contribution in [0.1, 0.15) is 12.5 Å². The number of carbonyl (C=O) groups is 3. The number of hydrogen-bond donors (Lipinski definition) is 1. The summed E-state index contributed by atoms with van der Waals surface area (Å²) in [7, 11) is 0. The minimum atomic E-state index is -4.67. The van der Waals surface area contributed by atoms with Gasteiger partial charge in [0.15, 0.2) is 0 Å². The van der Waals surface area contributed by atoms with Crippen molar-refractivity contribution in [1.82, 2.24) is 4.90 Å². The lowest BCUT2D eigenvalue weighted by molar-refractivity contribution is -0.138. The number of rotatable bonds is 5. The zero-order chi connectivity index (χ0) is 20.2. The summed E-state index contributed by atoms with van der Waals surface area (Å²) in [5.41, 5.74) is -1.20. The maximum atomic E-state index is 12.9. The largest absolute Gasteiger partial charge is 0.463 e. The van der Waals surface area contributed by atoms with Crippen molar-refractivity contribution in [3.05, 3.63) is 39.9 Å². The first-order chi connectivity index (χ1) is 12.6. The number of amides is 2. The zero-order valence-corrected chi connectivity index (χ0v) is 15.5. The topological polar surface area (TPSA) is 75.7 Å². The van der Waals surface area contributed by atoms with E-state index in [0.29, 0.717) is 6.07 Å². The third-order valence-corrected chi connectivity index (χ3v) is 4.65. The van der Waals surface area contributed by atoms with Crippen LogP contribution in [0, 0.1) is 0 Å². The van der Waals surface area contributed by atoms with Gasteiger partial charge in [-0.1, -0.05) is 23.4 Å². The highest BCUT2D eigenvalue weighted by atomic mass is 35.5. The van der Waals surface area contributed by atoms with Gasteiger partial charge in [0.1, 0.15) is 6.54 Å². The maximum Gasteiger partial charge on any atom is 0.417 e. The summed E-state index contributed by atoms with van der Waals surface area (Å²) in [6.07, 6.45) is -3.58. The minimum Gasteiger partial charge on any atom is -0.463 e. The second-order valence-corrected chi connectivity index (χ2v) is 6.65. The van der Waals surface area contributed by atoms with E-state index in [1.807, 2.05) is 0 Å². The summed E-state index contributed by atoms with van der Waals surface area (Å²) >= 11 is 6.59. The molecule has 0 aromatic heterocycles. The highest BCUT2D eigenvalue weighted by Gasteiger charge is 2.34. The van der Waals surface area contributed by atoms with Gasteiger partial charge in [-0.25, -0.2) is 4.79 Å². The van der Waals surface area contributed by atoms with Gasteiger partial charge in [-0.05, 0) is 25.1 Å². The Bertz CT molecular complexity index is 798. The number of thioether (sulfide) groups is 1. The summed E-state index contributed by atoms with van der Waals surface area (Å²) in [5, 5.41) is 2.03. The SMILES string of the molecule is CCOC(=O)C=C1SCC(=O)N1CC(=O)Nc1ccc(Cl)c(C(F)(F)F)c1. The molecule has 0 saturated carbocycles. The lowest BCUT2D eigenvalue weighted by Gasteiger charge is -2.17. The molecule has 11 heteroatoms. The lowest BCUT2D eigenvalue weighted by Crippen LogP contribution is -2.34. The van der Waals surface area contributed by atoms with Crippen LogP contribution in [0.25, 0.3) is 0 Å². The Morgan fingerprint density at radius 3 is 2.74 bits per heavy atom. The van der Waals surface area contributed by atoms with E-state index in [2.05, 4.69) is 5.32 Å². The number of carbonyl (C=O) groups excluding carboxylic acids is 3. The molecular weight excluding hydrogens is 409 g/mol. The molecule has 1 aromatic carbocycles. The van der Waals surface area contributed by atoms with Gasteiger partial charge in [0.2, 0.25) is 11.8 Å². The highest BCUT2D eigenvalue weighted by Crippen LogP contribution is 2.36. The molecule has 1 aromatic rings. The number of nitrogens with zero attached hydrogens (tertiary/aromatic N) is 1. The van der Waals surface area contributed by atoms with Crippen LogP contribution < -0.4 is 5.32 Å². The fourth-order valence-corrected chi connectivity index (χ4v) is 3.30. The van der Waals surface area contributed by atoms with Gasteiger partial charge in [-0.15, -0.1) is 0 Å². The van der Waals surface area contributed by atoms with Crippen molar-refractivity contribution in [2.45, 2.75) is 13.1 Å². The van der Waals surface area contributed by atoms with Crippen LogP contribution in [0.2, 0.25) is 5.02 Å². The number of ether oxygens (including phenoxy) is 1. The second kappa shape index (κ2) is 8.66. The zero-order valence-electron chi connectivity index (χ0n) is 13.9. The summed E-state index contributed by atoms with van der Waals surface area (Å²) in [6, 6.07) is 2.93. The Morgan fingerprint density at radius 2 is 2.11 bits per heavy atom. The van der Waals surface area contributed by atoms with Crippen LogP contribution in [-0.2, 0) is 25.3 Å². The molecule has 0 unspecified atom stereocenters. The number of alkyl halides is 3. The average molecular weight is 423 g/mol. The smallest absolute Gasteiger partial charge is 0.417 e. The van der Waals surface area contributed by atoms with Crippen molar-refractivity contribution < 1.29 is 32.3 Å². The normalized spacial score (nSPS) is 16.0. The Morgan fingerprint density at radius 1 is 1.41 bits per heavy atom. The van der Waals surface area contributed by atoms with Crippen molar-refractivity contribution in [2.24, 2.45) is 0 Å². The average Bonchev–Trinajstić information content (AvgIpc) is 2.89. The Hall–Kier alpha value is -2.20. The second-order valence-electron chi connectivity index (χ2n) is 5.24. The highest BCUT2D eigenvalue weighted by molar-refractivity contribution is 8.04. The van der Waals surface area contributed by atoms with Gasteiger partial charge < -0.3 is 10.1 Å².